The van der Waals surface area contributed by atoms with E-state index < -0.39 is 11.4 Å². The van der Waals surface area contributed by atoms with Gasteiger partial charge in [0.15, 0.2) is 5.79 Å². The molecule has 0 amide bonds. The molecule has 118 valence electrons. The third kappa shape index (κ3) is 3.27. The largest absolute Gasteiger partial charge is 0.389 e. The second-order valence-corrected chi connectivity index (χ2v) is 6.76. The van der Waals surface area contributed by atoms with Crippen molar-refractivity contribution >= 4 is 0 Å². The van der Waals surface area contributed by atoms with Crippen LogP contribution in [0.25, 0.3) is 0 Å². The Hall–Kier alpha value is -0.980. The summed E-state index contributed by atoms with van der Waals surface area (Å²) in [6, 6.07) is 0. The van der Waals surface area contributed by atoms with E-state index in [4.69, 9.17) is 9.47 Å². The Bertz CT molecular complexity index is 470. The van der Waals surface area contributed by atoms with Gasteiger partial charge in [-0.15, -0.1) is 0 Å². The van der Waals surface area contributed by atoms with E-state index in [9.17, 15) is 5.11 Å². The highest BCUT2D eigenvalue weighted by molar-refractivity contribution is 4.99. The Morgan fingerprint density at radius 1 is 1.24 bits per heavy atom. The van der Waals surface area contributed by atoms with Gasteiger partial charge < -0.3 is 14.6 Å². The highest BCUT2D eigenvalue weighted by atomic mass is 16.7. The predicted octanol–water partition coefficient (Wildman–Crippen LogP) is 1.52. The van der Waals surface area contributed by atoms with E-state index in [1.807, 2.05) is 4.68 Å². The van der Waals surface area contributed by atoms with Crippen molar-refractivity contribution in [1.82, 2.24) is 14.8 Å². The van der Waals surface area contributed by atoms with Gasteiger partial charge in [-0.1, -0.05) is 13.8 Å². The highest BCUT2D eigenvalue weighted by Crippen LogP contribution is 2.41. The fourth-order valence-corrected chi connectivity index (χ4v) is 3.28. The van der Waals surface area contributed by atoms with E-state index in [0.29, 0.717) is 38.4 Å². The maximum atomic E-state index is 10.9. The molecule has 1 aliphatic heterocycles. The summed E-state index contributed by atoms with van der Waals surface area (Å²) in [7, 11) is 0. The zero-order chi connectivity index (χ0) is 14.9. The van der Waals surface area contributed by atoms with Gasteiger partial charge in [0.25, 0.3) is 0 Å². The van der Waals surface area contributed by atoms with Crippen molar-refractivity contribution in [2.45, 2.75) is 63.9 Å². The third-order valence-electron chi connectivity index (χ3n) is 4.48. The molecule has 1 aromatic heterocycles. The molecule has 6 nitrogen and oxygen atoms in total. The number of rotatable bonds is 4. The molecule has 0 unspecified atom stereocenters. The van der Waals surface area contributed by atoms with Crippen molar-refractivity contribution in [3.63, 3.8) is 0 Å². The van der Waals surface area contributed by atoms with Gasteiger partial charge in [-0.25, -0.2) is 9.67 Å². The molecule has 0 aromatic carbocycles. The zero-order valence-electron chi connectivity index (χ0n) is 12.9. The molecule has 6 heteroatoms. The van der Waals surface area contributed by atoms with Crippen LogP contribution in [0.5, 0.6) is 0 Å². The summed E-state index contributed by atoms with van der Waals surface area (Å²) in [6.07, 6.45) is 5.00. The summed E-state index contributed by atoms with van der Waals surface area (Å²) >= 11 is 0. The highest BCUT2D eigenvalue weighted by Gasteiger charge is 2.45. The number of ether oxygens (including phenoxy) is 2. The summed E-state index contributed by atoms with van der Waals surface area (Å²) in [5.74, 6) is 0.947. The van der Waals surface area contributed by atoms with E-state index in [1.165, 1.54) is 0 Å². The molecule has 1 saturated carbocycles. The number of hydrogen-bond donors (Lipinski definition) is 1. The summed E-state index contributed by atoms with van der Waals surface area (Å²) in [4.78, 5) is 4.33. The lowest BCUT2D eigenvalue weighted by molar-refractivity contribution is -0.202. The molecular formula is C15H25N3O3. The first-order valence-electron chi connectivity index (χ1n) is 7.87. The first-order valence-corrected chi connectivity index (χ1v) is 7.87. The van der Waals surface area contributed by atoms with Crippen LogP contribution in [0, 0.1) is 5.92 Å². The molecule has 1 N–H and O–H groups in total. The third-order valence-corrected chi connectivity index (χ3v) is 4.48. The molecule has 1 aromatic rings. The van der Waals surface area contributed by atoms with Gasteiger partial charge in [0.1, 0.15) is 12.2 Å². The minimum absolute atomic E-state index is 0.433. The Balaban J connectivity index is 1.64. The average Bonchev–Trinajstić information content (AvgIpc) is 3.05. The number of aliphatic hydroxyl groups is 1. The van der Waals surface area contributed by atoms with Crippen LogP contribution in [0.15, 0.2) is 6.33 Å². The fourth-order valence-electron chi connectivity index (χ4n) is 3.28. The van der Waals surface area contributed by atoms with Crippen molar-refractivity contribution in [2.24, 2.45) is 5.92 Å². The van der Waals surface area contributed by atoms with Crippen LogP contribution in [-0.4, -0.2) is 44.5 Å². The van der Waals surface area contributed by atoms with Crippen LogP contribution in [0.1, 0.15) is 45.4 Å². The van der Waals surface area contributed by atoms with Crippen molar-refractivity contribution in [1.29, 1.82) is 0 Å². The lowest BCUT2D eigenvalue weighted by atomic mass is 9.79. The predicted molar refractivity (Wildman–Crippen MR) is 76.6 cm³/mol. The summed E-state index contributed by atoms with van der Waals surface area (Å²) < 4.78 is 13.4. The van der Waals surface area contributed by atoms with Crippen LogP contribution in [-0.2, 0) is 22.4 Å². The molecule has 2 fully saturated rings. The summed E-state index contributed by atoms with van der Waals surface area (Å²) in [5.41, 5.74) is -0.720. The molecule has 1 aliphatic carbocycles. The second-order valence-electron chi connectivity index (χ2n) is 6.76. The van der Waals surface area contributed by atoms with E-state index >= 15 is 0 Å². The van der Waals surface area contributed by atoms with Gasteiger partial charge in [-0.3, -0.25) is 0 Å². The molecule has 21 heavy (non-hydrogen) atoms. The van der Waals surface area contributed by atoms with Crippen molar-refractivity contribution < 1.29 is 14.6 Å². The minimum Gasteiger partial charge on any atom is -0.389 e. The van der Waals surface area contributed by atoms with Crippen LogP contribution in [0.2, 0.25) is 0 Å². The van der Waals surface area contributed by atoms with Crippen molar-refractivity contribution in [2.75, 3.05) is 13.2 Å². The van der Waals surface area contributed by atoms with Gasteiger partial charge >= 0.3 is 0 Å². The average molecular weight is 295 g/mol. The monoisotopic (exact) mass is 295 g/mol. The first kappa shape index (κ1) is 14.9. The van der Waals surface area contributed by atoms with E-state index in [-0.39, 0.29) is 0 Å². The number of aromatic nitrogens is 3. The lowest BCUT2D eigenvalue weighted by Gasteiger charge is -2.40. The molecular weight excluding hydrogens is 270 g/mol. The van der Waals surface area contributed by atoms with Gasteiger partial charge in [0.05, 0.1) is 18.8 Å². The van der Waals surface area contributed by atoms with Gasteiger partial charge in [0, 0.05) is 25.8 Å². The van der Waals surface area contributed by atoms with E-state index in [0.717, 1.165) is 25.2 Å². The molecule has 1 saturated heterocycles. The quantitative estimate of drug-likeness (QED) is 0.912. The molecule has 1 spiro atoms. The lowest BCUT2D eigenvalue weighted by Crippen LogP contribution is -2.45. The van der Waals surface area contributed by atoms with Crippen LogP contribution in [0.4, 0.5) is 0 Å². The van der Waals surface area contributed by atoms with E-state index in [2.05, 4.69) is 23.9 Å². The second kappa shape index (κ2) is 5.66. The molecule has 2 heterocycles. The summed E-state index contributed by atoms with van der Waals surface area (Å²) in [5, 5.41) is 15.1. The molecule has 2 aliphatic rings. The Labute approximate surface area is 125 Å². The molecule has 0 bridgehead atoms. The SMILES string of the molecule is CC(C)Cn1ncnc1CC1(O)CCC2(CC1)OCCO2. The van der Waals surface area contributed by atoms with Gasteiger partial charge in [-0.05, 0) is 18.8 Å². The normalized spacial score (nSPS) is 24.0. The zero-order valence-corrected chi connectivity index (χ0v) is 12.9. The van der Waals surface area contributed by atoms with Crippen molar-refractivity contribution in [3.8, 4) is 0 Å². The maximum Gasteiger partial charge on any atom is 0.168 e. The minimum atomic E-state index is -0.720. The Morgan fingerprint density at radius 3 is 2.52 bits per heavy atom. The topological polar surface area (TPSA) is 69.4 Å². The maximum absolute atomic E-state index is 10.9. The Kier molecular flexibility index (Phi) is 4.03. The first-order chi connectivity index (χ1) is 10.0. The fraction of sp³-hybridized carbons (Fsp3) is 0.867. The van der Waals surface area contributed by atoms with Crippen LogP contribution >= 0.6 is 0 Å². The standard InChI is InChI=1S/C15H25N3O3/c1-12(2)10-18-13(16-11-17-18)9-14(19)3-5-15(6-4-14)20-7-8-21-15/h11-12,19H,3-10H2,1-2H3. The molecule has 0 atom stereocenters. The van der Waals surface area contributed by atoms with Crippen LogP contribution in [0.3, 0.4) is 0 Å². The number of nitrogens with zero attached hydrogens (tertiary/aromatic N) is 3. The Morgan fingerprint density at radius 2 is 1.90 bits per heavy atom. The molecule has 0 radical (unpaired) electrons. The van der Waals surface area contributed by atoms with E-state index in [1.54, 1.807) is 6.33 Å². The molecule has 3 rings (SSSR count). The van der Waals surface area contributed by atoms with Gasteiger partial charge in [0.2, 0.25) is 0 Å². The van der Waals surface area contributed by atoms with Crippen LogP contribution < -0.4 is 0 Å². The smallest absolute Gasteiger partial charge is 0.168 e. The summed E-state index contributed by atoms with van der Waals surface area (Å²) in [6.45, 7) is 6.47. The number of hydrogen-bond acceptors (Lipinski definition) is 5. The van der Waals surface area contributed by atoms with Crippen molar-refractivity contribution in [3.05, 3.63) is 12.2 Å². The van der Waals surface area contributed by atoms with Gasteiger partial charge in [-0.2, -0.15) is 5.10 Å².